The first-order valence-electron chi connectivity index (χ1n) is 17.3. The minimum absolute atomic E-state index is 0.0381. The molecule has 2 aliphatic rings. The Morgan fingerprint density at radius 3 is 2.18 bits per heavy atom. The predicted octanol–water partition coefficient (Wildman–Crippen LogP) is 7.80. The minimum atomic E-state index is -5.98. The summed E-state index contributed by atoms with van der Waals surface area (Å²) < 4.78 is 106. The predicted molar refractivity (Wildman–Crippen MR) is 197 cm³/mol. The number of anilines is 1. The van der Waals surface area contributed by atoms with Gasteiger partial charge in [-0.15, -0.1) is 12.8 Å². The van der Waals surface area contributed by atoms with Crippen molar-refractivity contribution in [1.82, 2.24) is 15.2 Å². The number of carbonyl (C=O) groups excluding carboxylic acids is 2. The number of benzene rings is 3. The molecule has 2 aliphatic heterocycles. The van der Waals surface area contributed by atoms with Gasteiger partial charge in [0.1, 0.15) is 11.9 Å². The molecule has 0 saturated carbocycles. The lowest BCUT2D eigenvalue weighted by atomic mass is 9.89. The number of nitrogens with zero attached hydrogens (tertiary/aromatic N) is 3. The maximum absolute atomic E-state index is 13.1. The number of aliphatic hydroxyl groups is 1. The molecule has 6 rings (SSSR count). The zero-order valence-electron chi connectivity index (χ0n) is 30.3. The Balaban J connectivity index is 0.000000240. The Morgan fingerprint density at radius 1 is 0.911 bits per heavy atom. The van der Waals surface area contributed by atoms with E-state index in [1.807, 2.05) is 43.5 Å². The highest BCUT2D eigenvalue weighted by Crippen LogP contribution is 2.51. The van der Waals surface area contributed by atoms with Gasteiger partial charge in [0.25, 0.3) is 5.60 Å². The molecule has 3 heterocycles. The van der Waals surface area contributed by atoms with E-state index in [4.69, 9.17) is 0 Å². The Bertz CT molecular complexity index is 2010. The lowest BCUT2D eigenvalue weighted by molar-refractivity contribution is -0.376. The van der Waals surface area contributed by atoms with Crippen LogP contribution in [0.15, 0.2) is 96.2 Å². The Hall–Kier alpha value is -5.27. The molecular weight excluding hydrogens is 766 g/mol. The van der Waals surface area contributed by atoms with Gasteiger partial charge in [-0.1, -0.05) is 36.4 Å². The fraction of sp³-hybridized carbons (Fsp3) is 0.325. The molecular formula is C40H39F7N4O4S. The van der Waals surface area contributed by atoms with Crippen LogP contribution >= 0.6 is 0 Å². The molecule has 0 spiro atoms. The van der Waals surface area contributed by atoms with Crippen molar-refractivity contribution in [3.63, 3.8) is 0 Å². The van der Waals surface area contributed by atoms with Crippen molar-refractivity contribution in [1.29, 1.82) is 0 Å². The van der Waals surface area contributed by atoms with E-state index in [-0.39, 0.29) is 53.0 Å². The normalized spacial score (nSPS) is 16.6. The van der Waals surface area contributed by atoms with Crippen LogP contribution in [-0.2, 0) is 32.6 Å². The number of likely N-dealkylation sites (tertiary alicyclic amines) is 1. The number of aromatic nitrogens is 1. The summed E-state index contributed by atoms with van der Waals surface area (Å²) in [6, 6.07) is 18.4. The number of alkyl halides is 6. The number of halogens is 7. The average molecular weight is 805 g/mol. The number of fused-ring (bicyclic) bond motifs is 1. The van der Waals surface area contributed by atoms with E-state index in [0.29, 0.717) is 25.1 Å². The van der Waals surface area contributed by atoms with Crippen LogP contribution in [0.4, 0.5) is 36.4 Å². The smallest absolute Gasteiger partial charge is 0.369 e. The number of pyridine rings is 1. The molecule has 1 fully saturated rings. The van der Waals surface area contributed by atoms with E-state index in [1.165, 1.54) is 23.4 Å². The fourth-order valence-corrected chi connectivity index (χ4v) is 7.73. The summed E-state index contributed by atoms with van der Waals surface area (Å²) in [5.41, 5.74) is -2.95. The second kappa shape index (κ2) is 18.1. The van der Waals surface area contributed by atoms with Gasteiger partial charge in [-0.25, -0.2) is 8.60 Å². The van der Waals surface area contributed by atoms with E-state index in [2.05, 4.69) is 29.2 Å². The van der Waals surface area contributed by atoms with Gasteiger partial charge >= 0.3 is 12.4 Å². The molecule has 0 bridgehead atoms. The topological polar surface area (TPSA) is 103 Å². The molecule has 4 aromatic rings. The van der Waals surface area contributed by atoms with Crippen molar-refractivity contribution < 1.29 is 49.6 Å². The summed E-state index contributed by atoms with van der Waals surface area (Å²) in [6.07, 6.45) is 1.68. The van der Waals surface area contributed by atoms with Gasteiger partial charge in [-0.2, -0.15) is 26.3 Å². The largest absolute Gasteiger partial charge is 0.430 e. The number of hydrogen-bond donors (Lipinski definition) is 2. The monoisotopic (exact) mass is 804 g/mol. The molecule has 1 saturated heterocycles. The van der Waals surface area contributed by atoms with Crippen LogP contribution in [0.25, 0.3) is 11.1 Å². The van der Waals surface area contributed by atoms with E-state index >= 15 is 0 Å². The summed E-state index contributed by atoms with van der Waals surface area (Å²) in [4.78, 5) is 30.3. The lowest BCUT2D eigenvalue weighted by Gasteiger charge is -2.35. The Labute approximate surface area is 322 Å². The Morgan fingerprint density at radius 2 is 1.57 bits per heavy atom. The highest BCUT2D eigenvalue weighted by molar-refractivity contribution is 7.86. The van der Waals surface area contributed by atoms with Crippen molar-refractivity contribution >= 4 is 28.5 Å². The molecule has 0 radical (unpaired) electrons. The van der Waals surface area contributed by atoms with Crippen LogP contribution in [0.1, 0.15) is 55.8 Å². The molecule has 2 N–H and O–H groups in total. The third kappa shape index (κ3) is 9.57. The molecule has 2 unspecified atom stereocenters. The number of rotatable bonds is 7. The number of nitrogens with one attached hydrogen (secondary N) is 1. The number of amides is 2. The van der Waals surface area contributed by atoms with Gasteiger partial charge in [-0.05, 0) is 97.3 Å². The van der Waals surface area contributed by atoms with Crippen LogP contribution in [0.5, 0.6) is 0 Å². The van der Waals surface area contributed by atoms with E-state index < -0.39 is 40.3 Å². The summed E-state index contributed by atoms with van der Waals surface area (Å²) in [6.45, 7) is 4.39. The van der Waals surface area contributed by atoms with Crippen molar-refractivity contribution in [2.24, 2.45) is 0 Å². The number of aryl methyl sites for hydroxylation is 1. The van der Waals surface area contributed by atoms with Gasteiger partial charge in [0.2, 0.25) is 11.8 Å². The molecule has 3 atom stereocenters. The molecule has 3 aromatic carbocycles. The quantitative estimate of drug-likeness (QED) is 0.147. The van der Waals surface area contributed by atoms with Crippen LogP contribution in [0.2, 0.25) is 0 Å². The van der Waals surface area contributed by atoms with Crippen molar-refractivity contribution in [2.45, 2.75) is 74.5 Å². The molecule has 16 heteroatoms. The van der Waals surface area contributed by atoms with Crippen LogP contribution in [0, 0.1) is 18.7 Å². The summed E-state index contributed by atoms with van der Waals surface area (Å²) in [5.74, 6) is -0.663. The maximum atomic E-state index is 13.1. The summed E-state index contributed by atoms with van der Waals surface area (Å²) >= 11 is 0. The van der Waals surface area contributed by atoms with Crippen molar-refractivity contribution in [2.75, 3.05) is 17.4 Å². The first-order valence-corrected chi connectivity index (χ1v) is 18.4. The van der Waals surface area contributed by atoms with Crippen LogP contribution < -0.4 is 9.62 Å². The lowest BCUT2D eigenvalue weighted by Crippen LogP contribution is -2.54. The van der Waals surface area contributed by atoms with E-state index in [0.717, 1.165) is 47.7 Å². The molecule has 56 heavy (non-hydrogen) atoms. The fourth-order valence-electron chi connectivity index (χ4n) is 6.46. The van der Waals surface area contributed by atoms with E-state index in [1.54, 1.807) is 11.1 Å². The SMILES string of the molecule is C#C.CC(=O)N1CCCC1C(=O)N[C@H](C)c1cccc(-c2cccnc2)c1.O=S(c1ccc(F)cc1)N1CCCc2cc(C(O)(C(F)(F)F)C(F)(F)F)ccc21. The molecule has 2 amide bonds. The third-order valence-electron chi connectivity index (χ3n) is 9.31. The molecule has 1 aromatic heterocycles. The van der Waals surface area contributed by atoms with Crippen molar-refractivity contribution in [3.05, 3.63) is 114 Å². The third-order valence-corrected chi connectivity index (χ3v) is 10.8. The Kier molecular flexibility index (Phi) is 14.1. The zero-order chi connectivity index (χ0) is 41.4. The zero-order valence-corrected chi connectivity index (χ0v) is 31.1. The highest BCUT2D eigenvalue weighted by atomic mass is 32.2. The van der Waals surface area contributed by atoms with Crippen LogP contribution in [0.3, 0.4) is 0 Å². The minimum Gasteiger partial charge on any atom is -0.369 e. The number of terminal acetylenes is 1. The average Bonchev–Trinajstić information content (AvgIpc) is 3.69. The van der Waals surface area contributed by atoms with Gasteiger partial charge in [-0.3, -0.25) is 18.9 Å². The van der Waals surface area contributed by atoms with Crippen LogP contribution in [-0.4, -0.2) is 62.5 Å². The molecule has 298 valence electrons. The number of hydrogen-bond acceptors (Lipinski definition) is 5. The van der Waals surface area contributed by atoms with Gasteiger partial charge in [0, 0.05) is 38.0 Å². The number of carbonyl (C=O) groups is 2. The van der Waals surface area contributed by atoms with Gasteiger partial charge in [0.05, 0.1) is 16.6 Å². The second-order valence-corrected chi connectivity index (χ2v) is 14.3. The first kappa shape index (κ1) is 43.5. The van der Waals surface area contributed by atoms with E-state index in [9.17, 15) is 49.6 Å². The molecule has 0 aliphatic carbocycles. The first-order chi connectivity index (χ1) is 26.4. The van der Waals surface area contributed by atoms with Crippen molar-refractivity contribution in [3.8, 4) is 24.0 Å². The second-order valence-electron chi connectivity index (χ2n) is 12.9. The molecule has 8 nitrogen and oxygen atoms in total. The summed E-state index contributed by atoms with van der Waals surface area (Å²) in [5, 5.41) is 12.6. The van der Waals surface area contributed by atoms with Gasteiger partial charge < -0.3 is 15.3 Å². The highest BCUT2D eigenvalue weighted by Gasteiger charge is 2.71. The maximum Gasteiger partial charge on any atom is 0.430 e. The van der Waals surface area contributed by atoms with Gasteiger partial charge in [0.15, 0.2) is 11.0 Å². The standard InChI is InChI=1S/C20H23N3O2.C18H14F7NO2S.C2H2/c1-14(22-20(25)19-9-5-11-23(19)15(2)24)16-6-3-7-17(12-16)18-8-4-10-21-13-18;19-13-4-6-14(7-5-13)29(28)26-9-1-2-11-10-12(3-8-15(11)26)16(27,17(20,21)22)18(23,24)25;1-2/h3-4,6-8,10,12-14,19H,5,9,11H2,1-2H3,(H,22,25);3-8,10,27H,1-2,9H2;1-2H/t14-,19?;;/m1../s1. The summed E-state index contributed by atoms with van der Waals surface area (Å²) in [7, 11) is -1.84.